The van der Waals surface area contributed by atoms with Gasteiger partial charge >= 0.3 is 18.2 Å². The Morgan fingerprint density at radius 3 is 2.68 bits per heavy atom. The van der Waals surface area contributed by atoms with Crippen molar-refractivity contribution in [2.24, 2.45) is 0 Å². The molecule has 1 aromatic carbocycles. The summed E-state index contributed by atoms with van der Waals surface area (Å²) < 4.78 is 33.6. The number of nitrogens with zero attached hydrogens (tertiary/aromatic N) is 4. The minimum Gasteiger partial charge on any atom is -0.452 e. The Bertz CT molecular complexity index is 1010. The maximum Gasteiger partial charge on any atom is 0.422 e. The number of rotatable bonds is 5. The minimum absolute atomic E-state index is 0.171. The third-order valence-electron chi connectivity index (χ3n) is 4.72. The molecule has 164 valence electrons. The molecule has 1 aromatic heterocycles. The van der Waals surface area contributed by atoms with Crippen molar-refractivity contribution in [2.75, 3.05) is 13.7 Å². The van der Waals surface area contributed by atoms with E-state index in [2.05, 4.69) is 15.0 Å². The fraction of sp³-hybridized carbons (Fsp3) is 0.300. The zero-order chi connectivity index (χ0) is 22.5. The number of hydrogen-bond donors (Lipinski definition) is 1. The fourth-order valence-corrected chi connectivity index (χ4v) is 3.18. The van der Waals surface area contributed by atoms with Gasteiger partial charge in [0.25, 0.3) is 0 Å². The Labute approximate surface area is 176 Å². The molecule has 1 N–H and O–H groups in total. The summed E-state index contributed by atoms with van der Waals surface area (Å²) in [5, 5.41) is 2.62. The van der Waals surface area contributed by atoms with E-state index >= 15 is 0 Å². The number of urea groups is 2. The molecule has 0 spiro atoms. The summed E-state index contributed by atoms with van der Waals surface area (Å²) in [5.74, 6) is -2.18. The highest BCUT2D eigenvalue weighted by Gasteiger charge is 2.41. The van der Waals surface area contributed by atoms with Gasteiger partial charge in [0.1, 0.15) is 0 Å². The van der Waals surface area contributed by atoms with Crippen LogP contribution in [0.2, 0.25) is 0 Å². The monoisotopic (exact) mass is 433 g/mol. The van der Waals surface area contributed by atoms with E-state index in [9.17, 15) is 23.2 Å². The normalized spacial score (nSPS) is 16.2. The van der Waals surface area contributed by atoms with Crippen LogP contribution in [0.25, 0.3) is 0 Å². The summed E-state index contributed by atoms with van der Waals surface area (Å²) in [4.78, 5) is 43.3. The molecule has 11 heteroatoms. The first-order valence-electron chi connectivity index (χ1n) is 9.41. The number of benzene rings is 1. The van der Waals surface area contributed by atoms with Crippen molar-refractivity contribution in [1.29, 1.82) is 0 Å². The van der Waals surface area contributed by atoms with E-state index in [1.807, 2.05) is 4.57 Å². The van der Waals surface area contributed by atoms with Crippen LogP contribution in [0.3, 0.4) is 0 Å². The van der Waals surface area contributed by atoms with Crippen LogP contribution in [0, 0.1) is 11.6 Å². The van der Waals surface area contributed by atoms with E-state index in [0.717, 1.165) is 24.1 Å². The van der Waals surface area contributed by atoms with Gasteiger partial charge in [0.05, 0.1) is 19.5 Å². The molecule has 0 radical (unpaired) electrons. The third-order valence-corrected chi connectivity index (χ3v) is 4.72. The molecular formula is C20H21F2N5O4. The van der Waals surface area contributed by atoms with Crippen LogP contribution in [0.4, 0.5) is 23.2 Å². The van der Waals surface area contributed by atoms with Crippen LogP contribution in [0.15, 0.2) is 48.7 Å². The van der Waals surface area contributed by atoms with Crippen LogP contribution in [-0.4, -0.2) is 51.2 Å². The molecule has 2 aromatic rings. The first kappa shape index (κ1) is 21.9. The van der Waals surface area contributed by atoms with E-state index in [1.54, 1.807) is 18.7 Å². The predicted molar refractivity (Wildman–Crippen MR) is 105 cm³/mol. The molecule has 9 nitrogen and oxygen atoms in total. The predicted octanol–water partition coefficient (Wildman–Crippen LogP) is 3.41. The second kappa shape index (κ2) is 9.37. The number of halogens is 2. The van der Waals surface area contributed by atoms with Gasteiger partial charge in [-0.1, -0.05) is 6.07 Å². The molecule has 1 unspecified atom stereocenters. The Morgan fingerprint density at radius 2 is 2.03 bits per heavy atom. The third kappa shape index (κ3) is 4.71. The van der Waals surface area contributed by atoms with Gasteiger partial charge in [0, 0.05) is 31.2 Å². The molecule has 2 heterocycles. The number of aryl methyl sites for hydroxylation is 1. The topological polar surface area (TPSA) is 96.8 Å². The smallest absolute Gasteiger partial charge is 0.422 e. The van der Waals surface area contributed by atoms with Gasteiger partial charge < -0.3 is 14.6 Å². The number of aromatic nitrogens is 2. The second-order valence-corrected chi connectivity index (χ2v) is 6.77. The number of allylic oxidation sites excluding steroid dienone is 1. The van der Waals surface area contributed by atoms with Crippen LogP contribution in [0.5, 0.6) is 0 Å². The van der Waals surface area contributed by atoms with Gasteiger partial charge in [-0.3, -0.25) is 0 Å². The van der Waals surface area contributed by atoms with Crippen LogP contribution in [0.1, 0.15) is 24.9 Å². The molecule has 0 saturated carbocycles. The number of ether oxygens (including phenoxy) is 1. The van der Waals surface area contributed by atoms with Crippen molar-refractivity contribution in [3.63, 3.8) is 0 Å². The lowest BCUT2D eigenvalue weighted by molar-refractivity contribution is 0.118. The van der Waals surface area contributed by atoms with E-state index < -0.39 is 35.8 Å². The van der Waals surface area contributed by atoms with E-state index in [0.29, 0.717) is 17.9 Å². The zero-order valence-corrected chi connectivity index (χ0v) is 16.9. The highest BCUT2D eigenvalue weighted by atomic mass is 19.2. The number of amides is 5. The average molecular weight is 433 g/mol. The number of methoxy groups -OCH3 is 1. The standard InChI is InChI=1S/C20H21F2N5O4/c1-13-10-17(14-4-5-15(21)16(22)11-14)27(19(29)26(13)20(30)31-2)18(28)24-6-3-8-25-9-7-23-12-25/h4-5,7,9-12,17H,3,6,8H2,1-2H3,(H,24,28). The Kier molecular flexibility index (Phi) is 6.63. The number of imidazole rings is 1. The Morgan fingerprint density at radius 1 is 1.26 bits per heavy atom. The van der Waals surface area contributed by atoms with E-state index in [4.69, 9.17) is 0 Å². The largest absolute Gasteiger partial charge is 0.452 e. The molecule has 5 amide bonds. The number of hydrogen-bond acceptors (Lipinski definition) is 5. The molecule has 0 fully saturated rings. The maximum absolute atomic E-state index is 13.8. The van der Waals surface area contributed by atoms with E-state index in [-0.39, 0.29) is 17.8 Å². The average Bonchev–Trinajstić information content (AvgIpc) is 3.26. The number of imide groups is 2. The molecule has 3 rings (SSSR count). The molecule has 0 bridgehead atoms. The van der Waals surface area contributed by atoms with Crippen molar-refractivity contribution >= 4 is 18.2 Å². The van der Waals surface area contributed by atoms with Crippen molar-refractivity contribution in [3.8, 4) is 0 Å². The highest BCUT2D eigenvalue weighted by Crippen LogP contribution is 2.32. The number of carbonyl (C=O) groups is 3. The summed E-state index contributed by atoms with van der Waals surface area (Å²) in [6.07, 6.45) is 6.05. The van der Waals surface area contributed by atoms with Crippen LogP contribution in [-0.2, 0) is 11.3 Å². The number of carbonyl (C=O) groups excluding carboxylic acids is 3. The molecule has 0 aliphatic carbocycles. The maximum atomic E-state index is 13.8. The Balaban J connectivity index is 1.84. The molecule has 0 saturated heterocycles. The summed E-state index contributed by atoms with van der Waals surface area (Å²) in [6.45, 7) is 2.29. The highest BCUT2D eigenvalue weighted by molar-refractivity contribution is 6.02. The fourth-order valence-electron chi connectivity index (χ4n) is 3.18. The van der Waals surface area contributed by atoms with E-state index in [1.165, 1.54) is 19.1 Å². The van der Waals surface area contributed by atoms with Gasteiger partial charge in [-0.25, -0.2) is 37.9 Å². The molecule has 31 heavy (non-hydrogen) atoms. The van der Waals surface area contributed by atoms with Crippen molar-refractivity contribution in [2.45, 2.75) is 25.9 Å². The summed E-state index contributed by atoms with van der Waals surface area (Å²) >= 11 is 0. The SMILES string of the molecule is COC(=O)N1C(=O)N(C(=O)NCCCn2ccnc2)C(c2ccc(F)c(F)c2)C=C1C. The molecule has 1 aliphatic rings. The lowest BCUT2D eigenvalue weighted by atomic mass is 10.0. The summed E-state index contributed by atoms with van der Waals surface area (Å²) in [6, 6.07) is 0.290. The quantitative estimate of drug-likeness (QED) is 0.729. The number of nitrogens with one attached hydrogen (secondary N) is 1. The van der Waals surface area contributed by atoms with Crippen molar-refractivity contribution < 1.29 is 27.9 Å². The van der Waals surface area contributed by atoms with Gasteiger partial charge in [-0.2, -0.15) is 0 Å². The summed E-state index contributed by atoms with van der Waals surface area (Å²) in [5.41, 5.74) is 0.362. The molecular weight excluding hydrogens is 412 g/mol. The molecule has 1 atom stereocenters. The second-order valence-electron chi connectivity index (χ2n) is 6.77. The van der Waals surface area contributed by atoms with Crippen molar-refractivity contribution in [1.82, 2.24) is 24.7 Å². The van der Waals surface area contributed by atoms with Gasteiger partial charge in [-0.15, -0.1) is 0 Å². The minimum atomic E-state index is -1.12. The lowest BCUT2D eigenvalue weighted by Gasteiger charge is -2.37. The molecule has 1 aliphatic heterocycles. The first-order chi connectivity index (χ1) is 14.8. The van der Waals surface area contributed by atoms with Gasteiger partial charge in [0.2, 0.25) is 0 Å². The zero-order valence-electron chi connectivity index (χ0n) is 16.9. The van der Waals surface area contributed by atoms with Crippen LogP contribution < -0.4 is 5.32 Å². The summed E-state index contributed by atoms with van der Waals surface area (Å²) in [7, 11) is 1.10. The van der Waals surface area contributed by atoms with Gasteiger partial charge in [0.15, 0.2) is 11.6 Å². The lowest BCUT2D eigenvalue weighted by Crippen LogP contribution is -2.55. The van der Waals surface area contributed by atoms with Crippen molar-refractivity contribution in [3.05, 3.63) is 65.9 Å². The van der Waals surface area contributed by atoms with Gasteiger partial charge in [-0.05, 0) is 37.1 Å². The van der Waals surface area contributed by atoms with Crippen LogP contribution >= 0.6 is 0 Å². The first-order valence-corrected chi connectivity index (χ1v) is 9.41. The Hall–Kier alpha value is -3.76.